The third-order valence-electron chi connectivity index (χ3n) is 5.08. The van der Waals surface area contributed by atoms with Gasteiger partial charge in [0, 0.05) is 5.56 Å². The number of hydrogen-bond donors (Lipinski definition) is 0. The standard InChI is InChI=1S/C24H25NO5/c1-14-9-10-19(11-15(14)2)23(26)18(5)29-24(27)20-7-6-8-21(12-20)28-13-22-16(3)25-30-17(22)4/h6-12,18H,13H2,1-5H3/t18-/m0/s1. The molecule has 1 heterocycles. The van der Waals surface area contributed by atoms with Crippen LogP contribution >= 0.6 is 0 Å². The van der Waals surface area contributed by atoms with Crippen LogP contribution in [0.3, 0.4) is 0 Å². The quantitative estimate of drug-likeness (QED) is 0.409. The van der Waals surface area contributed by atoms with E-state index in [-0.39, 0.29) is 12.4 Å². The van der Waals surface area contributed by atoms with E-state index in [1.165, 1.54) is 0 Å². The minimum Gasteiger partial charge on any atom is -0.489 e. The van der Waals surface area contributed by atoms with Gasteiger partial charge in [0.1, 0.15) is 18.1 Å². The van der Waals surface area contributed by atoms with Gasteiger partial charge in [0.05, 0.1) is 16.8 Å². The Morgan fingerprint density at radius 2 is 1.77 bits per heavy atom. The molecular weight excluding hydrogens is 382 g/mol. The molecule has 2 aromatic carbocycles. The number of nitrogens with zero attached hydrogens (tertiary/aromatic N) is 1. The van der Waals surface area contributed by atoms with Crippen LogP contribution in [-0.4, -0.2) is 23.0 Å². The Morgan fingerprint density at radius 1 is 1.00 bits per heavy atom. The first kappa shape index (κ1) is 21.3. The summed E-state index contributed by atoms with van der Waals surface area (Å²) >= 11 is 0. The molecule has 0 bridgehead atoms. The van der Waals surface area contributed by atoms with Gasteiger partial charge in [-0.3, -0.25) is 4.79 Å². The van der Waals surface area contributed by atoms with Gasteiger partial charge in [-0.2, -0.15) is 0 Å². The van der Waals surface area contributed by atoms with Crippen molar-refractivity contribution in [3.05, 3.63) is 81.7 Å². The molecule has 156 valence electrons. The van der Waals surface area contributed by atoms with Crippen molar-refractivity contribution in [3.8, 4) is 5.75 Å². The fourth-order valence-corrected chi connectivity index (χ4v) is 2.99. The van der Waals surface area contributed by atoms with Gasteiger partial charge >= 0.3 is 5.97 Å². The van der Waals surface area contributed by atoms with E-state index in [4.69, 9.17) is 14.0 Å². The smallest absolute Gasteiger partial charge is 0.338 e. The molecule has 0 spiro atoms. The summed E-state index contributed by atoms with van der Waals surface area (Å²) in [7, 11) is 0. The number of esters is 1. The molecule has 30 heavy (non-hydrogen) atoms. The van der Waals surface area contributed by atoms with Gasteiger partial charge in [0.25, 0.3) is 0 Å². The summed E-state index contributed by atoms with van der Waals surface area (Å²) in [6.45, 7) is 9.44. The van der Waals surface area contributed by atoms with E-state index in [0.717, 1.165) is 22.4 Å². The van der Waals surface area contributed by atoms with Crippen LogP contribution in [0.5, 0.6) is 5.75 Å². The summed E-state index contributed by atoms with van der Waals surface area (Å²) in [4.78, 5) is 25.2. The van der Waals surface area contributed by atoms with Gasteiger partial charge in [0.15, 0.2) is 6.10 Å². The van der Waals surface area contributed by atoms with Gasteiger partial charge in [-0.25, -0.2) is 4.79 Å². The Labute approximate surface area is 175 Å². The van der Waals surface area contributed by atoms with Crippen LogP contribution in [0.2, 0.25) is 0 Å². The van der Waals surface area contributed by atoms with Gasteiger partial charge < -0.3 is 14.0 Å². The van der Waals surface area contributed by atoms with Crippen molar-refractivity contribution in [2.24, 2.45) is 0 Å². The lowest BCUT2D eigenvalue weighted by atomic mass is 10.0. The van der Waals surface area contributed by atoms with Crippen LogP contribution in [-0.2, 0) is 11.3 Å². The van der Waals surface area contributed by atoms with Crippen molar-refractivity contribution in [1.82, 2.24) is 5.16 Å². The monoisotopic (exact) mass is 407 g/mol. The third-order valence-corrected chi connectivity index (χ3v) is 5.08. The number of aryl methyl sites for hydroxylation is 4. The highest BCUT2D eigenvalue weighted by molar-refractivity contribution is 6.01. The van der Waals surface area contributed by atoms with Crippen molar-refractivity contribution >= 4 is 11.8 Å². The number of carbonyl (C=O) groups is 2. The Hall–Kier alpha value is -3.41. The molecule has 0 N–H and O–H groups in total. The van der Waals surface area contributed by atoms with Gasteiger partial charge in [-0.15, -0.1) is 0 Å². The normalized spacial score (nSPS) is 11.8. The molecule has 0 aliphatic rings. The van der Waals surface area contributed by atoms with Crippen LogP contribution in [0.1, 0.15) is 55.8 Å². The molecule has 0 unspecified atom stereocenters. The molecule has 0 radical (unpaired) electrons. The number of aromatic nitrogens is 1. The zero-order valence-corrected chi connectivity index (χ0v) is 17.8. The maximum absolute atomic E-state index is 12.6. The predicted octanol–water partition coefficient (Wildman–Crippen LogP) is 4.92. The number of Topliss-reactive ketones (excluding diaryl/α,β-unsaturated/α-hetero) is 1. The molecule has 0 aliphatic heterocycles. The molecule has 1 aromatic heterocycles. The van der Waals surface area contributed by atoms with Gasteiger partial charge in [-0.1, -0.05) is 23.4 Å². The van der Waals surface area contributed by atoms with E-state index in [0.29, 0.717) is 22.6 Å². The molecule has 0 saturated heterocycles. The Bertz CT molecular complexity index is 1060. The maximum Gasteiger partial charge on any atom is 0.338 e. The first-order valence-corrected chi connectivity index (χ1v) is 9.73. The van der Waals surface area contributed by atoms with E-state index in [1.54, 1.807) is 37.3 Å². The largest absolute Gasteiger partial charge is 0.489 e. The SMILES string of the molecule is Cc1ccc(C(=O)[C@H](C)OC(=O)c2cccc(OCc3c(C)noc3C)c2)cc1C. The number of rotatable bonds is 7. The van der Waals surface area contributed by atoms with Crippen molar-refractivity contribution < 1.29 is 23.6 Å². The number of benzene rings is 2. The fourth-order valence-electron chi connectivity index (χ4n) is 2.99. The number of ether oxygens (including phenoxy) is 2. The van der Waals surface area contributed by atoms with Crippen molar-refractivity contribution in [2.45, 2.75) is 47.3 Å². The molecule has 0 amide bonds. The summed E-state index contributed by atoms with van der Waals surface area (Å²) in [6, 6.07) is 12.1. The van der Waals surface area contributed by atoms with Crippen molar-refractivity contribution in [3.63, 3.8) is 0 Å². The molecule has 6 heteroatoms. The molecule has 3 rings (SSSR count). The Morgan fingerprint density at radius 3 is 2.43 bits per heavy atom. The predicted molar refractivity (Wildman–Crippen MR) is 112 cm³/mol. The lowest BCUT2D eigenvalue weighted by Crippen LogP contribution is -2.24. The van der Waals surface area contributed by atoms with E-state index in [2.05, 4.69) is 5.16 Å². The summed E-state index contributed by atoms with van der Waals surface area (Å²) in [5.74, 6) is 0.388. The molecule has 1 atom stereocenters. The average Bonchev–Trinajstić information content (AvgIpc) is 3.05. The third kappa shape index (κ3) is 4.76. The second kappa shape index (κ2) is 8.95. The summed E-state index contributed by atoms with van der Waals surface area (Å²) in [6.07, 6.45) is -0.897. The molecule has 0 saturated carbocycles. The summed E-state index contributed by atoms with van der Waals surface area (Å²) in [5, 5.41) is 3.90. The van der Waals surface area contributed by atoms with Crippen LogP contribution in [0.15, 0.2) is 47.0 Å². The Balaban J connectivity index is 1.65. The molecule has 6 nitrogen and oxygen atoms in total. The maximum atomic E-state index is 12.6. The van der Waals surface area contributed by atoms with Gasteiger partial charge in [-0.05, 0) is 70.0 Å². The van der Waals surface area contributed by atoms with Crippen LogP contribution in [0.4, 0.5) is 0 Å². The first-order chi connectivity index (χ1) is 14.3. The van der Waals surface area contributed by atoms with E-state index in [9.17, 15) is 9.59 Å². The summed E-state index contributed by atoms with van der Waals surface area (Å²) < 4.78 is 16.3. The molecule has 3 aromatic rings. The van der Waals surface area contributed by atoms with Crippen molar-refractivity contribution in [1.29, 1.82) is 0 Å². The highest BCUT2D eigenvalue weighted by atomic mass is 16.5. The first-order valence-electron chi connectivity index (χ1n) is 9.73. The van der Waals surface area contributed by atoms with E-state index >= 15 is 0 Å². The average molecular weight is 407 g/mol. The molecular formula is C24H25NO5. The molecule has 0 fully saturated rings. The highest BCUT2D eigenvalue weighted by Gasteiger charge is 2.21. The zero-order chi connectivity index (χ0) is 21.8. The van der Waals surface area contributed by atoms with Crippen LogP contribution in [0.25, 0.3) is 0 Å². The van der Waals surface area contributed by atoms with Crippen molar-refractivity contribution in [2.75, 3.05) is 0 Å². The summed E-state index contributed by atoms with van der Waals surface area (Å²) in [5.41, 5.74) is 4.59. The topological polar surface area (TPSA) is 78.6 Å². The number of ketones is 1. The van der Waals surface area contributed by atoms with Crippen LogP contribution < -0.4 is 4.74 Å². The minimum absolute atomic E-state index is 0.239. The Kier molecular flexibility index (Phi) is 6.35. The number of hydrogen-bond acceptors (Lipinski definition) is 6. The van der Waals surface area contributed by atoms with E-state index in [1.807, 2.05) is 39.8 Å². The lowest BCUT2D eigenvalue weighted by Gasteiger charge is -2.14. The zero-order valence-electron chi connectivity index (χ0n) is 17.8. The second-order valence-electron chi connectivity index (χ2n) is 7.33. The van der Waals surface area contributed by atoms with Crippen LogP contribution in [0, 0.1) is 27.7 Å². The lowest BCUT2D eigenvalue weighted by molar-refractivity contribution is 0.0318. The van der Waals surface area contributed by atoms with E-state index < -0.39 is 12.1 Å². The van der Waals surface area contributed by atoms with Gasteiger partial charge in [0.2, 0.25) is 5.78 Å². The number of carbonyl (C=O) groups excluding carboxylic acids is 2. The second-order valence-corrected chi connectivity index (χ2v) is 7.33. The minimum atomic E-state index is -0.897. The highest BCUT2D eigenvalue weighted by Crippen LogP contribution is 2.20. The fraction of sp³-hybridized carbons (Fsp3) is 0.292. The molecule has 0 aliphatic carbocycles.